The predicted molar refractivity (Wildman–Crippen MR) is 71.9 cm³/mol. The van der Waals surface area contributed by atoms with Crippen molar-refractivity contribution in [3.8, 4) is 0 Å². The molecule has 2 atom stereocenters. The van der Waals surface area contributed by atoms with Gasteiger partial charge >= 0.3 is 5.97 Å². The molecule has 0 aromatic carbocycles. The highest BCUT2D eigenvalue weighted by Crippen LogP contribution is 2.21. The maximum atomic E-state index is 12.3. The van der Waals surface area contributed by atoms with Crippen molar-refractivity contribution in [3.63, 3.8) is 0 Å². The number of esters is 1. The standard InChI is InChI=1S/C14H25NO4/c1-6-18-13(17)14(4,5)12(16)9-15-7-10(2)19-11(3)8-15/h10-11H,6-9H2,1-5H3/t10-,11+. The van der Waals surface area contributed by atoms with Crippen molar-refractivity contribution < 1.29 is 19.1 Å². The zero-order valence-electron chi connectivity index (χ0n) is 12.6. The van der Waals surface area contributed by atoms with E-state index in [4.69, 9.17) is 9.47 Å². The Morgan fingerprint density at radius 3 is 2.26 bits per heavy atom. The first-order chi connectivity index (χ1) is 8.77. The highest BCUT2D eigenvalue weighted by molar-refractivity contribution is 6.03. The first-order valence-electron chi connectivity index (χ1n) is 6.85. The van der Waals surface area contributed by atoms with Crippen molar-refractivity contribution in [1.82, 2.24) is 4.90 Å². The van der Waals surface area contributed by atoms with Gasteiger partial charge in [0.2, 0.25) is 0 Å². The number of ketones is 1. The zero-order chi connectivity index (χ0) is 14.6. The second-order valence-electron chi connectivity index (χ2n) is 5.72. The highest BCUT2D eigenvalue weighted by atomic mass is 16.5. The molecule has 1 aliphatic rings. The van der Waals surface area contributed by atoms with Crippen LogP contribution in [0.4, 0.5) is 0 Å². The van der Waals surface area contributed by atoms with E-state index in [0.29, 0.717) is 6.61 Å². The molecule has 110 valence electrons. The molecular weight excluding hydrogens is 246 g/mol. The molecule has 1 fully saturated rings. The second kappa shape index (κ2) is 6.48. The van der Waals surface area contributed by atoms with E-state index in [2.05, 4.69) is 0 Å². The summed E-state index contributed by atoms with van der Waals surface area (Å²) in [5.74, 6) is -0.554. The van der Waals surface area contributed by atoms with Crippen LogP contribution in [0.25, 0.3) is 0 Å². The van der Waals surface area contributed by atoms with E-state index in [1.54, 1.807) is 20.8 Å². The molecule has 0 aliphatic carbocycles. The SMILES string of the molecule is CCOC(=O)C(C)(C)C(=O)CN1C[C@@H](C)O[C@@H](C)C1. The van der Waals surface area contributed by atoms with Crippen LogP contribution in [0.1, 0.15) is 34.6 Å². The lowest BCUT2D eigenvalue weighted by atomic mass is 9.87. The molecule has 5 nitrogen and oxygen atoms in total. The number of hydrogen-bond acceptors (Lipinski definition) is 5. The van der Waals surface area contributed by atoms with Crippen LogP contribution >= 0.6 is 0 Å². The molecule has 0 saturated carbocycles. The predicted octanol–water partition coefficient (Wildman–Crippen LogP) is 1.25. The van der Waals surface area contributed by atoms with Gasteiger partial charge in [-0.15, -0.1) is 0 Å². The van der Waals surface area contributed by atoms with Crippen LogP contribution in [-0.2, 0) is 19.1 Å². The van der Waals surface area contributed by atoms with Gasteiger partial charge in [0.25, 0.3) is 0 Å². The number of Topliss-reactive ketones (excluding diaryl/α,β-unsaturated/α-hetero) is 1. The number of nitrogens with zero attached hydrogens (tertiary/aromatic N) is 1. The van der Waals surface area contributed by atoms with Gasteiger partial charge in [0.05, 0.1) is 25.4 Å². The van der Waals surface area contributed by atoms with Crippen LogP contribution in [0.2, 0.25) is 0 Å². The molecule has 0 aromatic heterocycles. The lowest BCUT2D eigenvalue weighted by Gasteiger charge is -2.36. The molecule has 1 saturated heterocycles. The van der Waals surface area contributed by atoms with E-state index < -0.39 is 11.4 Å². The van der Waals surface area contributed by atoms with Gasteiger partial charge in [-0.1, -0.05) is 0 Å². The van der Waals surface area contributed by atoms with Gasteiger partial charge in [-0.2, -0.15) is 0 Å². The minimum Gasteiger partial charge on any atom is -0.465 e. The van der Waals surface area contributed by atoms with Gasteiger partial charge in [-0.25, -0.2) is 0 Å². The number of rotatable bonds is 5. The number of morpholine rings is 1. The van der Waals surface area contributed by atoms with Crippen molar-refractivity contribution in [3.05, 3.63) is 0 Å². The smallest absolute Gasteiger partial charge is 0.319 e. The average molecular weight is 271 g/mol. The largest absolute Gasteiger partial charge is 0.465 e. The van der Waals surface area contributed by atoms with Gasteiger partial charge in [-0.05, 0) is 34.6 Å². The Morgan fingerprint density at radius 1 is 1.26 bits per heavy atom. The monoisotopic (exact) mass is 271 g/mol. The van der Waals surface area contributed by atoms with Crippen LogP contribution in [0.3, 0.4) is 0 Å². The molecule has 1 aliphatic heterocycles. The Kier molecular flexibility index (Phi) is 5.50. The minimum absolute atomic E-state index is 0.104. The van der Waals surface area contributed by atoms with Gasteiger partial charge in [0.1, 0.15) is 5.41 Å². The van der Waals surface area contributed by atoms with E-state index in [0.717, 1.165) is 13.1 Å². The molecule has 0 aromatic rings. The molecule has 0 unspecified atom stereocenters. The molecule has 0 amide bonds. The Labute approximate surface area is 115 Å². The van der Waals surface area contributed by atoms with Crippen molar-refractivity contribution in [2.24, 2.45) is 5.41 Å². The quantitative estimate of drug-likeness (QED) is 0.556. The Hall–Kier alpha value is -0.940. The number of carbonyl (C=O) groups excluding carboxylic acids is 2. The normalized spacial score (nSPS) is 25.1. The fourth-order valence-electron chi connectivity index (χ4n) is 2.24. The first-order valence-corrected chi connectivity index (χ1v) is 6.85. The molecule has 1 heterocycles. The molecule has 19 heavy (non-hydrogen) atoms. The number of carbonyl (C=O) groups is 2. The maximum absolute atomic E-state index is 12.3. The maximum Gasteiger partial charge on any atom is 0.319 e. The molecule has 0 radical (unpaired) electrons. The summed E-state index contributed by atoms with van der Waals surface area (Å²) in [4.78, 5) is 26.1. The highest BCUT2D eigenvalue weighted by Gasteiger charge is 2.38. The lowest BCUT2D eigenvalue weighted by molar-refractivity contribution is -0.158. The van der Waals surface area contributed by atoms with Gasteiger partial charge in [0.15, 0.2) is 5.78 Å². The van der Waals surface area contributed by atoms with Crippen LogP contribution in [0.15, 0.2) is 0 Å². The van der Waals surface area contributed by atoms with Crippen molar-refractivity contribution in [2.75, 3.05) is 26.2 Å². The van der Waals surface area contributed by atoms with E-state index in [1.165, 1.54) is 0 Å². The third-order valence-electron chi connectivity index (χ3n) is 3.35. The summed E-state index contributed by atoms with van der Waals surface area (Å²) in [6.07, 6.45) is 0.226. The van der Waals surface area contributed by atoms with E-state index in [-0.39, 0.29) is 24.5 Å². The molecule has 1 rings (SSSR count). The van der Waals surface area contributed by atoms with E-state index in [9.17, 15) is 9.59 Å². The Morgan fingerprint density at radius 2 is 1.79 bits per heavy atom. The third kappa shape index (κ3) is 4.28. The van der Waals surface area contributed by atoms with E-state index >= 15 is 0 Å². The summed E-state index contributed by atoms with van der Waals surface area (Å²) in [5, 5.41) is 0. The first kappa shape index (κ1) is 16.1. The molecule has 0 N–H and O–H groups in total. The van der Waals surface area contributed by atoms with Crippen LogP contribution < -0.4 is 0 Å². The zero-order valence-corrected chi connectivity index (χ0v) is 12.6. The van der Waals surface area contributed by atoms with Crippen LogP contribution in [0, 0.1) is 5.41 Å². The summed E-state index contributed by atoms with van der Waals surface area (Å²) in [6.45, 7) is 11.0. The fraction of sp³-hybridized carbons (Fsp3) is 0.857. The number of hydrogen-bond donors (Lipinski definition) is 0. The van der Waals surface area contributed by atoms with Crippen molar-refractivity contribution in [2.45, 2.75) is 46.8 Å². The lowest BCUT2D eigenvalue weighted by Crippen LogP contribution is -2.50. The van der Waals surface area contributed by atoms with Crippen LogP contribution in [-0.4, -0.2) is 55.1 Å². The topological polar surface area (TPSA) is 55.8 Å². The summed E-state index contributed by atoms with van der Waals surface area (Å²) >= 11 is 0. The average Bonchev–Trinajstić information content (AvgIpc) is 2.27. The molecule has 0 bridgehead atoms. The van der Waals surface area contributed by atoms with Crippen molar-refractivity contribution in [1.29, 1.82) is 0 Å². The van der Waals surface area contributed by atoms with Crippen molar-refractivity contribution >= 4 is 11.8 Å². The summed E-state index contributed by atoms with van der Waals surface area (Å²) in [6, 6.07) is 0. The molecule has 5 heteroatoms. The molecule has 0 spiro atoms. The van der Waals surface area contributed by atoms with Gasteiger partial charge in [0, 0.05) is 13.1 Å². The second-order valence-corrected chi connectivity index (χ2v) is 5.72. The summed E-state index contributed by atoms with van der Waals surface area (Å²) < 4.78 is 10.6. The summed E-state index contributed by atoms with van der Waals surface area (Å²) in [7, 11) is 0. The van der Waals surface area contributed by atoms with Gasteiger partial charge < -0.3 is 9.47 Å². The number of ether oxygens (including phenoxy) is 2. The van der Waals surface area contributed by atoms with E-state index in [1.807, 2.05) is 18.7 Å². The minimum atomic E-state index is -1.08. The van der Waals surface area contributed by atoms with Crippen LogP contribution in [0.5, 0.6) is 0 Å². The van der Waals surface area contributed by atoms with Gasteiger partial charge in [-0.3, -0.25) is 14.5 Å². The summed E-state index contributed by atoms with van der Waals surface area (Å²) in [5.41, 5.74) is -1.08. The Balaban J connectivity index is 2.60. The fourth-order valence-corrected chi connectivity index (χ4v) is 2.24. The Bertz CT molecular complexity index is 330. The molecular formula is C14H25NO4. The third-order valence-corrected chi connectivity index (χ3v) is 3.35.